The number of morpholine rings is 1. The highest BCUT2D eigenvalue weighted by atomic mass is 16.5. The Bertz CT molecular complexity index is 189. The number of hydrogen-bond acceptors (Lipinski definition) is 3. The Labute approximate surface area is 85.6 Å². The average Bonchev–Trinajstić information content (AvgIpc) is 2.14. The van der Waals surface area contributed by atoms with Crippen molar-refractivity contribution >= 4 is 6.41 Å². The van der Waals surface area contributed by atoms with Crippen molar-refractivity contribution in [2.75, 3.05) is 26.3 Å². The molecular formula is C10H20N2O2. The largest absolute Gasteiger partial charge is 0.377 e. The molecule has 1 saturated heterocycles. The second-order valence-corrected chi connectivity index (χ2v) is 4.70. The molecule has 1 aliphatic heterocycles. The lowest BCUT2D eigenvalue weighted by Crippen LogP contribution is -2.52. The fourth-order valence-corrected chi connectivity index (χ4v) is 1.41. The Kier molecular flexibility index (Phi) is 3.89. The summed E-state index contributed by atoms with van der Waals surface area (Å²) in [5, 5.41) is 3.38. The minimum absolute atomic E-state index is 0.0893. The molecule has 1 atom stereocenters. The van der Waals surface area contributed by atoms with E-state index in [4.69, 9.17) is 4.74 Å². The van der Waals surface area contributed by atoms with Gasteiger partial charge in [0.15, 0.2) is 0 Å². The van der Waals surface area contributed by atoms with E-state index in [9.17, 15) is 4.79 Å². The second kappa shape index (κ2) is 4.75. The minimum atomic E-state index is 0.0893. The molecule has 1 fully saturated rings. The molecule has 0 radical (unpaired) electrons. The van der Waals surface area contributed by atoms with Crippen LogP contribution in [0.4, 0.5) is 0 Å². The summed E-state index contributed by atoms with van der Waals surface area (Å²) >= 11 is 0. The number of hydrogen-bond donors (Lipinski definition) is 1. The van der Waals surface area contributed by atoms with Gasteiger partial charge in [0.2, 0.25) is 6.41 Å². The SMILES string of the molecule is CC(C)(C)NCC1COCCN1C=O. The van der Waals surface area contributed by atoms with Crippen molar-refractivity contribution in [3.63, 3.8) is 0 Å². The molecule has 1 heterocycles. The lowest BCUT2D eigenvalue weighted by atomic mass is 10.1. The molecule has 0 aromatic heterocycles. The summed E-state index contributed by atoms with van der Waals surface area (Å²) in [4.78, 5) is 12.5. The standard InChI is InChI=1S/C10H20N2O2/c1-10(2,3)11-6-9-7-14-5-4-12(9)8-13/h8-9,11H,4-7H2,1-3H3. The summed E-state index contributed by atoms with van der Waals surface area (Å²) in [6.45, 7) is 9.14. The summed E-state index contributed by atoms with van der Waals surface area (Å²) in [6, 6.07) is 0.181. The molecule has 0 bridgehead atoms. The molecule has 1 rings (SSSR count). The van der Waals surface area contributed by atoms with Crippen LogP contribution in [0.5, 0.6) is 0 Å². The molecule has 0 aliphatic carbocycles. The van der Waals surface area contributed by atoms with Gasteiger partial charge in [-0.05, 0) is 20.8 Å². The molecule has 1 amide bonds. The summed E-state index contributed by atoms with van der Waals surface area (Å²) in [6.07, 6.45) is 0.914. The maximum absolute atomic E-state index is 10.7. The van der Waals surface area contributed by atoms with Gasteiger partial charge in [0.25, 0.3) is 0 Å². The fourth-order valence-electron chi connectivity index (χ4n) is 1.41. The smallest absolute Gasteiger partial charge is 0.210 e. The van der Waals surface area contributed by atoms with Crippen molar-refractivity contribution < 1.29 is 9.53 Å². The Morgan fingerprint density at radius 3 is 2.86 bits per heavy atom. The molecule has 82 valence electrons. The van der Waals surface area contributed by atoms with E-state index in [1.807, 2.05) is 4.90 Å². The maximum Gasteiger partial charge on any atom is 0.210 e. The first-order chi connectivity index (χ1) is 6.53. The van der Waals surface area contributed by atoms with Crippen LogP contribution in [-0.4, -0.2) is 49.2 Å². The van der Waals surface area contributed by atoms with Crippen molar-refractivity contribution in [1.29, 1.82) is 0 Å². The summed E-state index contributed by atoms with van der Waals surface area (Å²) < 4.78 is 5.34. The highest BCUT2D eigenvalue weighted by molar-refractivity contribution is 5.48. The Morgan fingerprint density at radius 1 is 1.57 bits per heavy atom. The lowest BCUT2D eigenvalue weighted by molar-refractivity contribution is -0.126. The van der Waals surface area contributed by atoms with Crippen molar-refractivity contribution in [3.05, 3.63) is 0 Å². The zero-order valence-corrected chi connectivity index (χ0v) is 9.25. The highest BCUT2D eigenvalue weighted by Gasteiger charge is 2.22. The predicted molar refractivity (Wildman–Crippen MR) is 55.1 cm³/mol. The molecule has 0 saturated carbocycles. The van der Waals surface area contributed by atoms with Gasteiger partial charge in [-0.3, -0.25) is 4.79 Å². The van der Waals surface area contributed by atoms with Gasteiger partial charge in [0, 0.05) is 18.6 Å². The molecule has 1 aliphatic rings. The number of rotatable bonds is 3. The molecule has 1 unspecified atom stereocenters. The van der Waals surface area contributed by atoms with Gasteiger partial charge in [-0.25, -0.2) is 0 Å². The molecule has 4 nitrogen and oxygen atoms in total. The zero-order valence-electron chi connectivity index (χ0n) is 9.25. The molecule has 0 spiro atoms. The fraction of sp³-hybridized carbons (Fsp3) is 0.900. The Morgan fingerprint density at radius 2 is 2.29 bits per heavy atom. The predicted octanol–water partition coefficient (Wildman–Crippen LogP) is 0.232. The van der Waals surface area contributed by atoms with Crippen LogP contribution in [0.25, 0.3) is 0 Å². The molecular weight excluding hydrogens is 180 g/mol. The van der Waals surface area contributed by atoms with E-state index in [0.717, 1.165) is 13.0 Å². The average molecular weight is 200 g/mol. The third-order valence-electron chi connectivity index (χ3n) is 2.28. The van der Waals surface area contributed by atoms with Crippen LogP contribution in [-0.2, 0) is 9.53 Å². The van der Waals surface area contributed by atoms with Gasteiger partial charge in [0.1, 0.15) is 0 Å². The topological polar surface area (TPSA) is 41.6 Å². The number of carbonyl (C=O) groups is 1. The first-order valence-corrected chi connectivity index (χ1v) is 5.07. The quantitative estimate of drug-likeness (QED) is 0.663. The third kappa shape index (κ3) is 3.64. The van der Waals surface area contributed by atoms with Crippen molar-refractivity contribution in [2.24, 2.45) is 0 Å². The lowest BCUT2D eigenvalue weighted by Gasteiger charge is -2.34. The number of nitrogens with zero attached hydrogens (tertiary/aromatic N) is 1. The van der Waals surface area contributed by atoms with Gasteiger partial charge in [0.05, 0.1) is 19.3 Å². The van der Waals surface area contributed by atoms with E-state index < -0.39 is 0 Å². The monoisotopic (exact) mass is 200 g/mol. The first-order valence-electron chi connectivity index (χ1n) is 5.07. The van der Waals surface area contributed by atoms with E-state index in [-0.39, 0.29) is 11.6 Å². The van der Waals surface area contributed by atoms with Crippen LogP contribution in [0.1, 0.15) is 20.8 Å². The Hall–Kier alpha value is -0.610. The van der Waals surface area contributed by atoms with Gasteiger partial charge >= 0.3 is 0 Å². The molecule has 1 N–H and O–H groups in total. The molecule has 0 aromatic carbocycles. The van der Waals surface area contributed by atoms with Crippen molar-refractivity contribution in [3.8, 4) is 0 Å². The second-order valence-electron chi connectivity index (χ2n) is 4.70. The molecule has 14 heavy (non-hydrogen) atoms. The first kappa shape index (κ1) is 11.5. The maximum atomic E-state index is 10.7. The normalized spacial score (nSPS) is 23.6. The van der Waals surface area contributed by atoms with Crippen molar-refractivity contribution in [2.45, 2.75) is 32.4 Å². The third-order valence-corrected chi connectivity index (χ3v) is 2.28. The van der Waals surface area contributed by atoms with Crippen LogP contribution < -0.4 is 5.32 Å². The van der Waals surface area contributed by atoms with Crippen LogP contribution in [0.3, 0.4) is 0 Å². The van der Waals surface area contributed by atoms with Crippen LogP contribution >= 0.6 is 0 Å². The van der Waals surface area contributed by atoms with Crippen LogP contribution in [0, 0.1) is 0 Å². The van der Waals surface area contributed by atoms with Crippen LogP contribution in [0.15, 0.2) is 0 Å². The highest BCUT2D eigenvalue weighted by Crippen LogP contribution is 2.05. The van der Waals surface area contributed by atoms with Crippen molar-refractivity contribution in [1.82, 2.24) is 10.2 Å². The zero-order chi connectivity index (χ0) is 10.6. The summed E-state index contributed by atoms with van der Waals surface area (Å²) in [7, 11) is 0. The summed E-state index contributed by atoms with van der Waals surface area (Å²) in [5.74, 6) is 0. The van der Waals surface area contributed by atoms with Gasteiger partial charge < -0.3 is 15.0 Å². The minimum Gasteiger partial charge on any atom is -0.377 e. The van der Waals surface area contributed by atoms with Gasteiger partial charge in [-0.2, -0.15) is 0 Å². The number of amides is 1. The van der Waals surface area contributed by atoms with Gasteiger partial charge in [-0.1, -0.05) is 0 Å². The molecule has 4 heteroatoms. The Balaban J connectivity index is 2.37. The number of nitrogens with one attached hydrogen (secondary N) is 1. The van der Waals surface area contributed by atoms with E-state index in [1.54, 1.807) is 0 Å². The summed E-state index contributed by atoms with van der Waals surface area (Å²) in [5.41, 5.74) is 0.0893. The van der Waals surface area contributed by atoms with E-state index >= 15 is 0 Å². The van der Waals surface area contributed by atoms with Crippen LogP contribution in [0.2, 0.25) is 0 Å². The van der Waals surface area contributed by atoms with E-state index in [0.29, 0.717) is 19.8 Å². The van der Waals surface area contributed by atoms with Gasteiger partial charge in [-0.15, -0.1) is 0 Å². The molecule has 0 aromatic rings. The van der Waals surface area contributed by atoms with E-state index in [2.05, 4.69) is 26.1 Å². The van der Waals surface area contributed by atoms with E-state index in [1.165, 1.54) is 0 Å². The number of ether oxygens (including phenoxy) is 1. The number of carbonyl (C=O) groups excluding carboxylic acids is 1.